The Hall–Kier alpha value is -2.19. The van der Waals surface area contributed by atoms with Gasteiger partial charge >= 0.3 is 11.9 Å². The molecule has 8 heteroatoms. The van der Waals surface area contributed by atoms with E-state index in [1.807, 2.05) is 30.2 Å². The minimum Gasteiger partial charge on any atom is -0.462 e. The third-order valence-electron chi connectivity index (χ3n) is 3.59. The first kappa shape index (κ1) is 17.6. The molecule has 0 aliphatic carbocycles. The van der Waals surface area contributed by atoms with Gasteiger partial charge in [-0.2, -0.15) is 0 Å². The van der Waals surface area contributed by atoms with Crippen LogP contribution in [0.3, 0.4) is 0 Å². The molecule has 2 aliphatic heterocycles. The second kappa shape index (κ2) is 6.97. The first-order valence-electron chi connectivity index (χ1n) is 7.82. The van der Waals surface area contributed by atoms with E-state index >= 15 is 0 Å². The van der Waals surface area contributed by atoms with Crippen molar-refractivity contribution in [3.63, 3.8) is 0 Å². The molecule has 0 amide bonds. The molecule has 3 rings (SSSR count). The number of nitrogens with two attached hydrogens (primary N) is 1. The number of carbonyl (C=O) groups is 2. The smallest absolute Gasteiger partial charge is 0.350 e. The lowest BCUT2D eigenvalue weighted by atomic mass is 10.1. The lowest BCUT2D eigenvalue weighted by Gasteiger charge is -2.31. The van der Waals surface area contributed by atoms with Crippen molar-refractivity contribution in [2.24, 2.45) is 0 Å². The van der Waals surface area contributed by atoms with Crippen LogP contribution in [-0.4, -0.2) is 25.2 Å². The summed E-state index contributed by atoms with van der Waals surface area (Å²) in [6, 6.07) is 0. The Morgan fingerprint density at radius 2 is 1.88 bits per heavy atom. The number of hydrogen-bond donors (Lipinski definition) is 1. The topological polar surface area (TPSA) is 81.9 Å². The summed E-state index contributed by atoms with van der Waals surface area (Å²) in [4.78, 5) is 27.2. The maximum absolute atomic E-state index is 12.4. The molecule has 0 bridgehead atoms. The van der Waals surface area contributed by atoms with Gasteiger partial charge in [-0.25, -0.2) is 9.59 Å². The summed E-state index contributed by atoms with van der Waals surface area (Å²) in [6.07, 6.45) is 5.68. The number of thiophene rings is 1. The average molecular weight is 378 g/mol. The molecule has 0 atom stereocenters. The Morgan fingerprint density at radius 1 is 1.20 bits per heavy atom. The number of thioether (sulfide) groups is 1. The van der Waals surface area contributed by atoms with Crippen LogP contribution in [0.15, 0.2) is 38.7 Å². The highest BCUT2D eigenvalue weighted by atomic mass is 32.2. The van der Waals surface area contributed by atoms with Crippen molar-refractivity contribution >= 4 is 46.4 Å². The lowest BCUT2D eigenvalue weighted by Crippen LogP contribution is -2.24. The minimum atomic E-state index is -0.452. The molecule has 0 saturated carbocycles. The number of ether oxygens (including phenoxy) is 2. The zero-order valence-electron chi connectivity index (χ0n) is 14.1. The molecule has 3 heterocycles. The second-order valence-electron chi connectivity index (χ2n) is 5.31. The molecular weight excluding hydrogens is 360 g/mol. The largest absolute Gasteiger partial charge is 0.462 e. The Labute approximate surface area is 154 Å². The molecule has 0 spiro atoms. The summed E-state index contributed by atoms with van der Waals surface area (Å²) in [5.74, 6) is -0.839. The molecule has 1 aromatic rings. The predicted octanol–water partition coefficient (Wildman–Crippen LogP) is 3.67. The van der Waals surface area contributed by atoms with Gasteiger partial charge in [-0.1, -0.05) is 11.8 Å². The lowest BCUT2D eigenvalue weighted by molar-refractivity contribution is -0.137. The number of nitrogens with zero attached hydrogens (tertiary/aromatic N) is 1. The van der Waals surface area contributed by atoms with Gasteiger partial charge in [-0.15, -0.1) is 11.3 Å². The van der Waals surface area contributed by atoms with Crippen molar-refractivity contribution in [2.45, 2.75) is 25.0 Å². The van der Waals surface area contributed by atoms with E-state index in [0.29, 0.717) is 33.5 Å². The Bertz CT molecular complexity index is 836. The van der Waals surface area contributed by atoms with Crippen LogP contribution in [0.1, 0.15) is 30.4 Å². The van der Waals surface area contributed by atoms with Gasteiger partial charge in [0.1, 0.15) is 9.78 Å². The molecule has 0 fully saturated rings. The van der Waals surface area contributed by atoms with Gasteiger partial charge in [-0.3, -0.25) is 0 Å². The highest BCUT2D eigenvalue weighted by Crippen LogP contribution is 2.53. The van der Waals surface area contributed by atoms with Crippen molar-refractivity contribution in [1.82, 2.24) is 0 Å². The Kier molecular flexibility index (Phi) is 4.91. The van der Waals surface area contributed by atoms with Gasteiger partial charge < -0.3 is 20.1 Å². The molecule has 132 valence electrons. The molecule has 0 saturated heterocycles. The third-order valence-corrected chi connectivity index (χ3v) is 6.02. The maximum atomic E-state index is 12.4. The number of rotatable bonds is 4. The van der Waals surface area contributed by atoms with Crippen molar-refractivity contribution in [1.29, 1.82) is 0 Å². The zero-order chi connectivity index (χ0) is 18.1. The van der Waals surface area contributed by atoms with Crippen LogP contribution >= 0.6 is 23.1 Å². The number of nitrogen functional groups attached to an aromatic ring is 1. The van der Waals surface area contributed by atoms with E-state index in [1.54, 1.807) is 13.8 Å². The van der Waals surface area contributed by atoms with Crippen molar-refractivity contribution in [3.05, 3.63) is 39.4 Å². The molecule has 0 aromatic carbocycles. The van der Waals surface area contributed by atoms with Gasteiger partial charge in [0, 0.05) is 6.20 Å². The summed E-state index contributed by atoms with van der Waals surface area (Å²) in [6.45, 7) is 6.03. The van der Waals surface area contributed by atoms with Gasteiger partial charge in [0.2, 0.25) is 0 Å². The summed E-state index contributed by atoms with van der Waals surface area (Å²) < 4.78 is 11.0. The molecule has 2 N–H and O–H groups in total. The van der Waals surface area contributed by atoms with E-state index in [0.717, 1.165) is 9.78 Å². The highest BCUT2D eigenvalue weighted by molar-refractivity contribution is 8.06. The highest BCUT2D eigenvalue weighted by Gasteiger charge is 2.35. The fourth-order valence-corrected chi connectivity index (χ4v) is 4.92. The number of esters is 2. The van der Waals surface area contributed by atoms with E-state index in [9.17, 15) is 9.59 Å². The monoisotopic (exact) mass is 378 g/mol. The van der Waals surface area contributed by atoms with Gasteiger partial charge in [0.05, 0.1) is 34.5 Å². The van der Waals surface area contributed by atoms with Crippen LogP contribution in [0.25, 0.3) is 0 Å². The van der Waals surface area contributed by atoms with E-state index in [-0.39, 0.29) is 12.6 Å². The first-order chi connectivity index (χ1) is 12.0. The van der Waals surface area contributed by atoms with Crippen LogP contribution < -0.4 is 10.6 Å². The average Bonchev–Trinajstić information content (AvgIpc) is 2.91. The molecule has 25 heavy (non-hydrogen) atoms. The van der Waals surface area contributed by atoms with Crippen LogP contribution in [0.5, 0.6) is 0 Å². The summed E-state index contributed by atoms with van der Waals surface area (Å²) in [7, 11) is 0. The first-order valence-corrected chi connectivity index (χ1v) is 9.45. The number of anilines is 2. The van der Waals surface area contributed by atoms with Crippen molar-refractivity contribution < 1.29 is 19.1 Å². The van der Waals surface area contributed by atoms with Crippen molar-refractivity contribution in [3.8, 4) is 0 Å². The number of fused-ring (bicyclic) bond motifs is 3. The van der Waals surface area contributed by atoms with Gasteiger partial charge in [-0.05, 0) is 38.5 Å². The van der Waals surface area contributed by atoms with Crippen molar-refractivity contribution in [2.75, 3.05) is 23.8 Å². The normalized spacial score (nSPS) is 15.5. The number of allylic oxidation sites excluding steroid dienone is 3. The maximum Gasteiger partial charge on any atom is 0.350 e. The Morgan fingerprint density at radius 3 is 2.56 bits per heavy atom. The minimum absolute atomic E-state index is 0.275. The summed E-state index contributed by atoms with van der Waals surface area (Å²) in [5.41, 5.74) is 9.03. The van der Waals surface area contributed by atoms with Crippen LogP contribution in [-0.2, 0) is 14.3 Å². The molecule has 6 nitrogen and oxygen atoms in total. The summed E-state index contributed by atoms with van der Waals surface area (Å²) in [5, 5.41) is 0. The molecule has 1 aromatic heterocycles. The molecule has 0 unspecified atom stereocenters. The summed E-state index contributed by atoms with van der Waals surface area (Å²) >= 11 is 2.51. The van der Waals surface area contributed by atoms with Gasteiger partial charge in [0.25, 0.3) is 0 Å². The van der Waals surface area contributed by atoms with Gasteiger partial charge in [0.15, 0.2) is 0 Å². The van der Waals surface area contributed by atoms with E-state index in [4.69, 9.17) is 15.2 Å². The fraction of sp³-hybridized carbons (Fsp3) is 0.294. The zero-order valence-corrected chi connectivity index (χ0v) is 15.8. The predicted molar refractivity (Wildman–Crippen MR) is 99.6 cm³/mol. The quantitative estimate of drug-likeness (QED) is 0.801. The fourth-order valence-electron chi connectivity index (χ4n) is 2.52. The van der Waals surface area contributed by atoms with Crippen LogP contribution in [0, 0.1) is 0 Å². The third kappa shape index (κ3) is 3.07. The van der Waals surface area contributed by atoms with Crippen LogP contribution in [0.4, 0.5) is 11.4 Å². The SMILES string of the molecule is CCOC(=O)C1=C2C=C(C)C=CN2c2c(sc(C(=O)OCC)c2N)S1. The Balaban J connectivity index is 2.10. The second-order valence-corrected chi connectivity index (χ2v) is 7.61. The molecular formula is C17H18N2O4S2. The molecule has 2 aliphatic rings. The van der Waals surface area contributed by atoms with E-state index in [1.165, 1.54) is 23.1 Å². The van der Waals surface area contributed by atoms with Crippen LogP contribution in [0.2, 0.25) is 0 Å². The number of hydrogen-bond acceptors (Lipinski definition) is 8. The number of carbonyl (C=O) groups excluding carboxylic acids is 2. The van der Waals surface area contributed by atoms with E-state index < -0.39 is 5.97 Å². The standard InChI is InChI=1S/C17H18N2O4S2/c1-4-22-15(20)13-10-8-9(3)6-7-19(10)12-11(18)14(16(21)23-5-2)25-17(12)24-13/h6-8H,4-5,18H2,1-3H3. The molecule has 0 radical (unpaired) electrons. The van der Waals surface area contributed by atoms with E-state index in [2.05, 4.69) is 0 Å².